The molecule has 7 N–H and O–H groups in total. The van der Waals surface area contributed by atoms with E-state index in [0.717, 1.165) is 5.56 Å². The van der Waals surface area contributed by atoms with E-state index in [0.29, 0.717) is 16.7 Å². The van der Waals surface area contributed by atoms with Crippen LogP contribution in [0.3, 0.4) is 0 Å². The van der Waals surface area contributed by atoms with Gasteiger partial charge in [0.05, 0.1) is 113 Å². The Kier molecular flexibility index (Phi) is 38.6. The molecule has 54 heteroatoms. The zero-order chi connectivity index (χ0) is 92.9. The molecule has 0 radical (unpaired) electrons. The summed E-state index contributed by atoms with van der Waals surface area (Å²) < 4.78 is 237. The first-order valence-electron chi connectivity index (χ1n) is 40.3. The summed E-state index contributed by atoms with van der Waals surface area (Å²) >= 11 is 0. The van der Waals surface area contributed by atoms with Gasteiger partial charge in [-0.1, -0.05) is 185 Å². The van der Waals surface area contributed by atoms with Gasteiger partial charge < -0.3 is 85.3 Å². The molecule has 0 saturated carbocycles. The fraction of sp³-hybridized carbons (Fsp3) is 0.680. The van der Waals surface area contributed by atoms with Crippen LogP contribution < -0.4 is 0 Å². The van der Waals surface area contributed by atoms with E-state index in [-0.39, 0.29) is 26.4 Å². The molecule has 0 aromatic heterocycles. The maximum Gasteiger partial charge on any atom is 0.397 e. The lowest BCUT2D eigenvalue weighted by Crippen LogP contribution is -2.66. The largest absolute Gasteiger partial charge is 0.397 e. The Hall–Kier alpha value is -6.78. The highest BCUT2D eigenvalue weighted by molar-refractivity contribution is 7.81. The maximum atomic E-state index is 12.7. The van der Waals surface area contributed by atoms with E-state index in [4.69, 9.17) is 117 Å². The molecule has 0 amide bonds. The van der Waals surface area contributed by atoms with Gasteiger partial charge in [-0.15, -0.1) is 0 Å². The zero-order valence-corrected chi connectivity index (χ0v) is 72.8. The molecule has 0 aliphatic carbocycles. The van der Waals surface area contributed by atoms with E-state index in [9.17, 15) is 76.5 Å². The Bertz CT molecular complexity index is 4600. The van der Waals surface area contributed by atoms with Crippen molar-refractivity contribution < 1.29 is 197 Å². The first-order chi connectivity index (χ1) is 61.8. The molecule has 7 saturated heterocycles. The molecule has 35 atom stereocenters. The zero-order valence-electron chi connectivity index (χ0n) is 70.4. The van der Waals surface area contributed by atoms with Crippen LogP contribution in [0.25, 0.3) is 31.3 Å². The highest BCUT2D eigenvalue weighted by Crippen LogP contribution is 2.45. The van der Waals surface area contributed by atoms with Crippen molar-refractivity contribution in [2.24, 2.45) is 39.0 Å². The Morgan fingerprint density at radius 1 is 0.310 bits per heavy atom. The fourth-order valence-electron chi connectivity index (χ4n) is 16.4. The summed E-state index contributed by atoms with van der Waals surface area (Å²) in [6.07, 6.45) is -43.6. The normalized spacial score (nSPS) is 37.0. The van der Waals surface area contributed by atoms with Gasteiger partial charge in [-0.25, -0.2) is 33.6 Å². The van der Waals surface area contributed by atoms with Crippen LogP contribution in [0.15, 0.2) is 137 Å². The third kappa shape index (κ3) is 27.5. The summed E-state index contributed by atoms with van der Waals surface area (Å²) in [6, 6.07) is 29.9. The Labute approximate surface area is 738 Å². The second-order valence-electron chi connectivity index (χ2n) is 31.1. The van der Waals surface area contributed by atoms with Crippen molar-refractivity contribution in [3.63, 3.8) is 0 Å². The SMILES string of the molecule is CO[C@@H]1OC(C)[C@@H](O[C@H]2OC(COS(=O)(=O)O)[C@H](O[C@@H]3OC(C)[C@@H](O[C@H]4OC(COS(=O)(=O)O)[C@@H](O[C@@H]5OC(C)[C@@H](O[C@@H]6OC(COS(=O)(=O)O)[C@H](O[C@@H]7OC(C)[C@@H](C)[C@@H](OCc8ccccc8)C7OOO)[C@H](C)C6N=[N+]=[N-])[C@@H](OCc6ccccc6)C5OOO)[C@H](C)C4N=[N+]=[N-])[C@@H](OCc4ccccc4)C3OOO)[C@H](C)C2N=[N+]=[N-])[C@@H](OCc2ccccc2)C1OOO. The number of hydrogen-bond acceptors (Lipinski definition) is 42. The fourth-order valence-corrected chi connectivity index (χ4v) is 17.3. The van der Waals surface area contributed by atoms with Gasteiger partial charge in [0.2, 0.25) is 0 Å². The summed E-state index contributed by atoms with van der Waals surface area (Å²) in [5.41, 5.74) is 33.4. The van der Waals surface area contributed by atoms with Crippen LogP contribution in [-0.2, 0) is 195 Å². The second kappa shape index (κ2) is 48.4. The van der Waals surface area contributed by atoms with Gasteiger partial charge in [0.25, 0.3) is 0 Å². The van der Waals surface area contributed by atoms with Gasteiger partial charge in [-0.3, -0.25) is 13.7 Å². The summed E-state index contributed by atoms with van der Waals surface area (Å²) in [5, 5.41) is 69.4. The molecular formula is C75H103N9O42S3. The van der Waals surface area contributed by atoms with Crippen molar-refractivity contribution in [2.45, 2.75) is 272 Å². The van der Waals surface area contributed by atoms with E-state index in [1.807, 2.05) is 18.2 Å². The molecule has 11 rings (SSSR count). The Morgan fingerprint density at radius 2 is 0.550 bits per heavy atom. The molecule has 4 aromatic carbocycles. The average Bonchev–Trinajstić information content (AvgIpc) is 0.764. The molecule has 129 heavy (non-hydrogen) atoms. The van der Waals surface area contributed by atoms with Crippen LogP contribution in [-0.4, -0.2) is 277 Å². The van der Waals surface area contributed by atoms with Crippen molar-refractivity contribution in [1.29, 1.82) is 0 Å². The minimum atomic E-state index is -5.42. The van der Waals surface area contributed by atoms with E-state index in [1.54, 1.807) is 124 Å². The lowest BCUT2D eigenvalue weighted by Gasteiger charge is -2.51. The highest BCUT2D eigenvalue weighted by Gasteiger charge is 2.60. The van der Waals surface area contributed by atoms with Crippen molar-refractivity contribution in [2.75, 3.05) is 26.9 Å². The topological polar surface area (TPSA) is 658 Å². The van der Waals surface area contributed by atoms with Gasteiger partial charge in [-0.05, 0) is 84.3 Å². The molecular weight excluding hydrogens is 1800 g/mol. The Balaban J connectivity index is 0.883. The highest BCUT2D eigenvalue weighted by atomic mass is 32.3. The predicted molar refractivity (Wildman–Crippen MR) is 422 cm³/mol. The molecule has 4 aromatic rings. The lowest BCUT2D eigenvalue weighted by atomic mass is 9.87. The van der Waals surface area contributed by atoms with Crippen LogP contribution in [0.1, 0.15) is 77.6 Å². The molecule has 7 aliphatic heterocycles. The predicted octanol–water partition coefficient (Wildman–Crippen LogP) is 7.64. The number of hydrogen-bond donors (Lipinski definition) is 7. The van der Waals surface area contributed by atoms with Crippen LogP contribution in [0, 0.1) is 23.7 Å². The molecule has 0 bridgehead atoms. The third-order valence-electron chi connectivity index (χ3n) is 22.9. The van der Waals surface area contributed by atoms with E-state index >= 15 is 0 Å². The number of rotatable bonds is 45. The van der Waals surface area contributed by atoms with Crippen molar-refractivity contribution >= 4 is 31.2 Å². The van der Waals surface area contributed by atoms with Gasteiger partial charge in [0.15, 0.2) is 68.4 Å². The molecule has 7 heterocycles. The Morgan fingerprint density at radius 3 is 0.806 bits per heavy atom. The van der Waals surface area contributed by atoms with Gasteiger partial charge in [0.1, 0.15) is 54.9 Å². The molecule has 14 unspecified atom stereocenters. The molecule has 7 fully saturated rings. The van der Waals surface area contributed by atoms with Gasteiger partial charge >= 0.3 is 31.2 Å². The third-order valence-corrected chi connectivity index (χ3v) is 24.2. The van der Waals surface area contributed by atoms with Crippen molar-refractivity contribution in [3.05, 3.63) is 175 Å². The number of benzene rings is 4. The smallest absolute Gasteiger partial charge is 0.370 e. The van der Waals surface area contributed by atoms with E-state index < -0.39 is 265 Å². The number of nitrogens with zero attached hydrogens (tertiary/aromatic N) is 9. The summed E-state index contributed by atoms with van der Waals surface area (Å²) in [5.74, 6) is -4.20. The quantitative estimate of drug-likeness (QED) is 0.00558. The standard InChI is InChI=1S/C75H103N9O42S3/c1-37-41(5)106-73(65(119-123-85)58(37)99-30-45-22-14-10-15-23-45)113-55-38(2)52(79-82-76)70(110-49(55)34-103-127(89,90)91)117-60-43(7)108-75(67(121-125-87)63(60)101-32-47-26-18-12-19-27-47)115-57-40(4)54(81-84-78)71(112-51(57)36-105-129(95,96)97)118-61-44(8)109-74(68(122-126-88)64(61)102-33-48-28-20-13-21-29-48)114-56-39(3)53(80-83-77)69(111-50(56)35-104-128(92,93)94)116-59-42(6)107-72(98-9)66(120-124-86)62(59)100-31-46-24-16-11-17-25-46/h10-29,37-44,49-75,85-88H,30-36H2,1-9H3,(H,89,90,91)(H,92,93,94)(H,95,96,97)/t37-,38-,39-,40-,41?,42?,43?,44?,49?,50?,51?,52?,53?,54?,55-,56-,57+,58-,59-,60-,61-,62-,63-,64-,65?,66?,67?,68?,69-,70+,71-,72-,73+,74+,75+/m1/s1. The van der Waals surface area contributed by atoms with Crippen LogP contribution in [0.5, 0.6) is 0 Å². The molecule has 7 aliphatic rings. The van der Waals surface area contributed by atoms with Crippen LogP contribution in [0.2, 0.25) is 0 Å². The average molecular weight is 1900 g/mol. The number of azide groups is 3. The maximum absolute atomic E-state index is 12.7. The van der Waals surface area contributed by atoms with Crippen LogP contribution in [0.4, 0.5) is 0 Å². The molecule has 718 valence electrons. The van der Waals surface area contributed by atoms with Gasteiger partial charge in [-0.2, -0.15) is 44.8 Å². The first kappa shape index (κ1) is 103. The monoisotopic (exact) mass is 1900 g/mol. The minimum absolute atomic E-state index is 0.0336. The van der Waals surface area contributed by atoms with Crippen molar-refractivity contribution in [1.82, 2.24) is 0 Å². The summed E-state index contributed by atoms with van der Waals surface area (Å²) in [4.78, 5) is 30.9. The lowest BCUT2D eigenvalue weighted by molar-refractivity contribution is -0.536. The second-order valence-corrected chi connectivity index (χ2v) is 34.3. The van der Waals surface area contributed by atoms with E-state index in [1.165, 1.54) is 41.7 Å². The van der Waals surface area contributed by atoms with Crippen molar-refractivity contribution in [3.8, 4) is 0 Å². The molecule has 0 spiro atoms. The number of methoxy groups -OCH3 is 1. The summed E-state index contributed by atoms with van der Waals surface area (Å²) in [7, 11) is -14.8. The van der Waals surface area contributed by atoms with Gasteiger partial charge in [0, 0.05) is 27.8 Å². The van der Waals surface area contributed by atoms with Crippen LogP contribution >= 0.6 is 0 Å². The summed E-state index contributed by atoms with van der Waals surface area (Å²) in [6.45, 7) is 8.22. The minimum Gasteiger partial charge on any atom is -0.370 e. The number of ether oxygens (including phenoxy) is 18. The first-order valence-corrected chi connectivity index (χ1v) is 44.4. The van der Waals surface area contributed by atoms with E-state index in [2.05, 4.69) is 50.2 Å². The molecule has 51 nitrogen and oxygen atoms in total.